The van der Waals surface area contributed by atoms with Crippen LogP contribution in [0, 0.1) is 5.82 Å². The highest BCUT2D eigenvalue weighted by Gasteiger charge is 2.19. The maximum atomic E-state index is 14.5. The third-order valence-corrected chi connectivity index (χ3v) is 5.01. The van der Waals surface area contributed by atoms with Crippen molar-refractivity contribution >= 4 is 23.1 Å². The summed E-state index contributed by atoms with van der Waals surface area (Å²) in [6.07, 6.45) is 3.67. The number of nitrogens with two attached hydrogens (primary N) is 1. The van der Waals surface area contributed by atoms with E-state index in [9.17, 15) is 4.39 Å². The van der Waals surface area contributed by atoms with E-state index in [1.165, 1.54) is 6.07 Å². The van der Waals surface area contributed by atoms with Gasteiger partial charge in [-0.1, -0.05) is 20.8 Å². The normalized spacial score (nSPS) is 11.8. The van der Waals surface area contributed by atoms with Crippen molar-refractivity contribution < 1.29 is 13.9 Å². The van der Waals surface area contributed by atoms with Crippen LogP contribution in [0.5, 0.6) is 11.5 Å². The van der Waals surface area contributed by atoms with Gasteiger partial charge in [-0.05, 0) is 19.1 Å². The Balaban J connectivity index is 2.14. The summed E-state index contributed by atoms with van der Waals surface area (Å²) in [7, 11) is 1.64. The zero-order valence-corrected chi connectivity index (χ0v) is 17.0. The van der Waals surface area contributed by atoms with Crippen LogP contribution in [0.3, 0.4) is 0 Å². The van der Waals surface area contributed by atoms with Crippen molar-refractivity contribution in [2.75, 3.05) is 19.5 Å². The number of fused-ring (bicyclic) bond motifs is 1. The summed E-state index contributed by atoms with van der Waals surface area (Å²) >= 11 is 1.70. The number of nitrogen functional groups attached to an aromatic ring is 1. The number of halogens is 1. The number of ether oxygens (including phenoxy) is 2. The fourth-order valence-corrected chi connectivity index (χ4v) is 3.89. The average Bonchev–Trinajstić information content (AvgIpc) is 2.98. The molecular weight excluding hydrogens is 365 g/mol. The molecule has 0 aliphatic rings. The van der Waals surface area contributed by atoms with E-state index in [0.717, 1.165) is 16.3 Å². The van der Waals surface area contributed by atoms with Gasteiger partial charge in [0.05, 0.1) is 36.2 Å². The van der Waals surface area contributed by atoms with E-state index in [2.05, 4.69) is 25.8 Å². The Bertz CT molecular complexity index is 956. The highest BCUT2D eigenvalue weighted by molar-refractivity contribution is 8.00. The molecule has 0 unspecified atom stereocenters. The van der Waals surface area contributed by atoms with Gasteiger partial charge in [0.2, 0.25) is 0 Å². The lowest BCUT2D eigenvalue weighted by Crippen LogP contribution is -2.08. The van der Waals surface area contributed by atoms with Gasteiger partial charge in [-0.2, -0.15) is 0 Å². The maximum Gasteiger partial charge on any atom is 0.177 e. The van der Waals surface area contributed by atoms with Crippen molar-refractivity contribution in [2.24, 2.45) is 0 Å². The van der Waals surface area contributed by atoms with Gasteiger partial charge in [0.1, 0.15) is 11.4 Å². The predicted molar refractivity (Wildman–Crippen MR) is 108 cm³/mol. The molecule has 0 atom stereocenters. The third-order valence-electron chi connectivity index (χ3n) is 3.87. The molecular formula is C20H24FN3O2S. The van der Waals surface area contributed by atoms with Crippen LogP contribution in [-0.4, -0.2) is 27.8 Å². The number of rotatable bonds is 5. The number of pyridine rings is 1. The lowest BCUT2D eigenvalue weighted by atomic mass is 10.1. The van der Waals surface area contributed by atoms with Crippen LogP contribution in [0.2, 0.25) is 0 Å². The van der Waals surface area contributed by atoms with Gasteiger partial charge in [-0.3, -0.25) is 4.40 Å². The molecule has 0 saturated carbocycles. The molecule has 5 nitrogen and oxygen atoms in total. The van der Waals surface area contributed by atoms with Crippen LogP contribution in [-0.2, 0) is 0 Å². The van der Waals surface area contributed by atoms with Crippen molar-refractivity contribution in [1.29, 1.82) is 0 Å². The number of hydrogen-bond donors (Lipinski definition) is 1. The Kier molecular flexibility index (Phi) is 5.24. The number of aromatic nitrogens is 2. The molecule has 27 heavy (non-hydrogen) atoms. The van der Waals surface area contributed by atoms with Crippen molar-refractivity contribution in [2.45, 2.75) is 37.3 Å². The first-order chi connectivity index (χ1) is 12.7. The average molecular weight is 389 g/mol. The van der Waals surface area contributed by atoms with Crippen molar-refractivity contribution in [3.8, 4) is 22.8 Å². The molecule has 0 fully saturated rings. The topological polar surface area (TPSA) is 61.8 Å². The van der Waals surface area contributed by atoms with Crippen LogP contribution in [0.15, 0.2) is 35.5 Å². The van der Waals surface area contributed by atoms with Gasteiger partial charge in [-0.15, -0.1) is 11.8 Å². The second-order valence-electron chi connectivity index (χ2n) is 7.10. The molecule has 0 radical (unpaired) electrons. The summed E-state index contributed by atoms with van der Waals surface area (Å²) in [6.45, 7) is 8.55. The Hall–Kier alpha value is -2.41. The van der Waals surface area contributed by atoms with Crippen LogP contribution in [0.25, 0.3) is 16.9 Å². The van der Waals surface area contributed by atoms with Crippen molar-refractivity contribution in [3.63, 3.8) is 0 Å². The lowest BCUT2D eigenvalue weighted by molar-refractivity contribution is 0.323. The molecule has 2 N–H and O–H groups in total. The molecule has 0 aliphatic carbocycles. The SMILES string of the molecule is CCOc1c(N)cc(-c2cnc3cc(OC)c(SC(C)(C)C)cn23)cc1F. The fourth-order valence-electron chi connectivity index (χ4n) is 2.83. The lowest BCUT2D eigenvalue weighted by Gasteiger charge is -2.20. The van der Waals surface area contributed by atoms with E-state index < -0.39 is 5.82 Å². The first kappa shape index (κ1) is 19.4. The fraction of sp³-hybridized carbons (Fsp3) is 0.350. The summed E-state index contributed by atoms with van der Waals surface area (Å²) < 4.78 is 27.2. The van der Waals surface area contributed by atoms with E-state index in [1.54, 1.807) is 38.1 Å². The largest absolute Gasteiger partial charge is 0.495 e. The number of nitrogens with zero attached hydrogens (tertiary/aromatic N) is 2. The Labute approximate surface area is 162 Å². The first-order valence-electron chi connectivity index (χ1n) is 8.69. The van der Waals surface area contributed by atoms with Gasteiger partial charge in [0.25, 0.3) is 0 Å². The summed E-state index contributed by atoms with van der Waals surface area (Å²) in [4.78, 5) is 5.42. The summed E-state index contributed by atoms with van der Waals surface area (Å²) in [6, 6.07) is 5.01. The molecule has 3 rings (SSSR count). The van der Waals surface area contributed by atoms with Crippen LogP contribution >= 0.6 is 11.8 Å². The minimum Gasteiger partial charge on any atom is -0.495 e. The number of methoxy groups -OCH3 is 1. The van der Waals surface area contributed by atoms with Gasteiger partial charge in [0.15, 0.2) is 11.6 Å². The van der Waals surface area contributed by atoms with Gasteiger partial charge in [-0.25, -0.2) is 9.37 Å². The number of benzene rings is 1. The van der Waals surface area contributed by atoms with Crippen molar-refractivity contribution in [3.05, 3.63) is 36.4 Å². The van der Waals surface area contributed by atoms with Crippen LogP contribution < -0.4 is 15.2 Å². The van der Waals surface area contributed by atoms with Crippen molar-refractivity contribution in [1.82, 2.24) is 9.38 Å². The quantitative estimate of drug-likeness (QED) is 0.490. The molecule has 7 heteroatoms. The molecule has 1 aromatic carbocycles. The van der Waals surface area contributed by atoms with E-state index in [4.69, 9.17) is 15.2 Å². The number of thioether (sulfide) groups is 1. The van der Waals surface area contributed by atoms with E-state index in [0.29, 0.717) is 17.8 Å². The Morgan fingerprint density at radius 1 is 1.26 bits per heavy atom. The molecule has 2 aromatic heterocycles. The molecule has 144 valence electrons. The minimum atomic E-state index is -0.486. The molecule has 0 spiro atoms. The van der Waals surface area contributed by atoms with Gasteiger partial charge < -0.3 is 15.2 Å². The Morgan fingerprint density at radius 3 is 2.59 bits per heavy atom. The zero-order chi connectivity index (χ0) is 19.8. The minimum absolute atomic E-state index is 0.0113. The molecule has 3 aromatic rings. The first-order valence-corrected chi connectivity index (χ1v) is 9.51. The van der Waals surface area contributed by atoms with Gasteiger partial charge >= 0.3 is 0 Å². The van der Waals surface area contributed by atoms with E-state index in [1.807, 2.05) is 16.7 Å². The highest BCUT2D eigenvalue weighted by atomic mass is 32.2. The summed E-state index contributed by atoms with van der Waals surface area (Å²) in [5.74, 6) is 0.359. The molecule has 0 aliphatic heterocycles. The smallest absolute Gasteiger partial charge is 0.177 e. The van der Waals surface area contributed by atoms with Crippen LogP contribution in [0.1, 0.15) is 27.7 Å². The van der Waals surface area contributed by atoms with E-state index >= 15 is 0 Å². The zero-order valence-electron chi connectivity index (χ0n) is 16.2. The monoisotopic (exact) mass is 389 g/mol. The number of anilines is 1. The molecule has 2 heterocycles. The molecule has 0 bridgehead atoms. The third kappa shape index (κ3) is 3.98. The summed E-state index contributed by atoms with van der Waals surface area (Å²) in [5, 5.41) is 0. The van der Waals surface area contributed by atoms with Gasteiger partial charge in [0, 0.05) is 22.6 Å². The van der Waals surface area contributed by atoms with Crippen LogP contribution in [0.4, 0.5) is 10.1 Å². The second-order valence-corrected chi connectivity index (χ2v) is 8.97. The predicted octanol–water partition coefficient (Wildman–Crippen LogP) is 5.02. The molecule has 0 saturated heterocycles. The number of imidazole rings is 1. The maximum absolute atomic E-state index is 14.5. The second kappa shape index (κ2) is 7.31. The highest BCUT2D eigenvalue weighted by Crippen LogP contribution is 2.39. The standard InChI is InChI=1S/C20H24FN3O2S/c1-6-26-19-13(21)7-12(8-14(19)22)15-10-23-18-9-16(25-5)17(11-24(15)18)27-20(2,3)4/h7-11H,6,22H2,1-5H3. The number of hydrogen-bond acceptors (Lipinski definition) is 5. The Morgan fingerprint density at radius 2 is 2.00 bits per heavy atom. The van der Waals surface area contributed by atoms with E-state index in [-0.39, 0.29) is 16.2 Å². The molecule has 0 amide bonds. The summed E-state index contributed by atoms with van der Waals surface area (Å²) in [5.41, 5.74) is 8.36.